The Bertz CT molecular complexity index is 779. The van der Waals surface area contributed by atoms with Crippen molar-refractivity contribution < 1.29 is 18.7 Å². The number of thioether (sulfide) groups is 1. The number of hydrogen-bond donors (Lipinski definition) is 0. The normalized spacial score (nSPS) is 10.4. The van der Waals surface area contributed by atoms with Crippen molar-refractivity contribution in [2.45, 2.75) is 18.4 Å². The molecule has 0 heterocycles. The third kappa shape index (κ3) is 5.06. The van der Waals surface area contributed by atoms with Crippen LogP contribution < -0.4 is 4.74 Å². The lowest BCUT2D eigenvalue weighted by Crippen LogP contribution is -2.28. The van der Waals surface area contributed by atoms with Crippen molar-refractivity contribution in [3.63, 3.8) is 0 Å². The molecule has 2 aromatic carbocycles. The minimum Gasteiger partial charge on any atom is -0.496 e. The summed E-state index contributed by atoms with van der Waals surface area (Å²) >= 11 is 1.12. The predicted molar refractivity (Wildman–Crippen MR) is 96.6 cm³/mol. The number of ether oxygens (including phenoxy) is 1. The van der Waals surface area contributed by atoms with Crippen LogP contribution in [-0.4, -0.2) is 36.5 Å². The maximum absolute atomic E-state index is 14.0. The summed E-state index contributed by atoms with van der Waals surface area (Å²) in [7, 11) is 3.29. The van der Waals surface area contributed by atoms with Crippen LogP contribution in [0.15, 0.2) is 47.4 Å². The zero-order chi connectivity index (χ0) is 18.4. The van der Waals surface area contributed by atoms with Crippen LogP contribution in [0, 0.1) is 5.82 Å². The Kier molecular flexibility index (Phi) is 6.58. The van der Waals surface area contributed by atoms with E-state index in [0.717, 1.165) is 23.1 Å². The van der Waals surface area contributed by atoms with Crippen LogP contribution in [0.3, 0.4) is 0 Å². The Hall–Kier alpha value is -2.34. The van der Waals surface area contributed by atoms with E-state index < -0.39 is 5.82 Å². The first kappa shape index (κ1) is 19.0. The third-order valence-electron chi connectivity index (χ3n) is 3.72. The SMILES string of the molecule is COc1ccccc1CN(C)C(=O)CSc1ccc(C(C)=O)cc1F. The second-order valence-corrected chi connectivity index (χ2v) is 6.57. The number of halogens is 1. The van der Waals surface area contributed by atoms with E-state index in [0.29, 0.717) is 17.0 Å². The molecular weight excluding hydrogens is 341 g/mol. The Morgan fingerprint density at radius 1 is 1.20 bits per heavy atom. The molecule has 2 aromatic rings. The number of para-hydroxylation sites is 1. The van der Waals surface area contributed by atoms with Gasteiger partial charge >= 0.3 is 0 Å². The van der Waals surface area contributed by atoms with Gasteiger partial charge in [0.1, 0.15) is 11.6 Å². The molecule has 2 rings (SSSR count). The number of amides is 1. The van der Waals surface area contributed by atoms with Crippen LogP contribution in [0.2, 0.25) is 0 Å². The van der Waals surface area contributed by atoms with Crippen LogP contribution in [0.1, 0.15) is 22.8 Å². The van der Waals surface area contributed by atoms with Crippen molar-refractivity contribution in [2.75, 3.05) is 19.9 Å². The molecule has 0 radical (unpaired) electrons. The zero-order valence-corrected chi connectivity index (χ0v) is 15.2. The van der Waals surface area contributed by atoms with Crippen molar-refractivity contribution in [2.24, 2.45) is 0 Å². The van der Waals surface area contributed by atoms with Crippen LogP contribution in [0.25, 0.3) is 0 Å². The van der Waals surface area contributed by atoms with Crippen LogP contribution in [-0.2, 0) is 11.3 Å². The molecule has 0 aliphatic rings. The number of Topliss-reactive ketones (excluding diaryl/α,β-unsaturated/α-hetero) is 1. The number of rotatable bonds is 7. The van der Waals surface area contributed by atoms with E-state index in [1.165, 1.54) is 19.1 Å². The second kappa shape index (κ2) is 8.67. The van der Waals surface area contributed by atoms with Gasteiger partial charge < -0.3 is 9.64 Å². The highest BCUT2D eigenvalue weighted by Gasteiger charge is 2.14. The van der Waals surface area contributed by atoms with Gasteiger partial charge in [-0.15, -0.1) is 11.8 Å². The van der Waals surface area contributed by atoms with Gasteiger partial charge in [0.25, 0.3) is 0 Å². The van der Waals surface area contributed by atoms with Gasteiger partial charge in [-0.3, -0.25) is 9.59 Å². The summed E-state index contributed by atoms with van der Waals surface area (Å²) in [6.45, 7) is 1.80. The van der Waals surface area contributed by atoms with Crippen LogP contribution >= 0.6 is 11.8 Å². The summed E-state index contributed by atoms with van der Waals surface area (Å²) in [4.78, 5) is 25.5. The van der Waals surface area contributed by atoms with E-state index in [-0.39, 0.29) is 17.4 Å². The average Bonchev–Trinajstić information content (AvgIpc) is 2.60. The molecule has 0 saturated carbocycles. The Morgan fingerprint density at radius 2 is 1.92 bits per heavy atom. The number of hydrogen-bond acceptors (Lipinski definition) is 4. The number of ketones is 1. The van der Waals surface area contributed by atoms with Crippen molar-refractivity contribution in [1.29, 1.82) is 0 Å². The lowest BCUT2D eigenvalue weighted by molar-refractivity contribution is -0.127. The molecule has 6 heteroatoms. The van der Waals surface area contributed by atoms with Crippen molar-refractivity contribution in [3.8, 4) is 5.75 Å². The Labute approximate surface area is 151 Å². The van der Waals surface area contributed by atoms with Gasteiger partial charge in [-0.05, 0) is 25.1 Å². The fraction of sp³-hybridized carbons (Fsp3) is 0.263. The lowest BCUT2D eigenvalue weighted by atomic mass is 10.1. The summed E-state index contributed by atoms with van der Waals surface area (Å²) < 4.78 is 19.3. The molecule has 4 nitrogen and oxygen atoms in total. The fourth-order valence-corrected chi connectivity index (χ4v) is 3.12. The number of benzene rings is 2. The molecule has 0 saturated heterocycles. The smallest absolute Gasteiger partial charge is 0.232 e. The molecule has 0 aliphatic carbocycles. The second-order valence-electron chi connectivity index (χ2n) is 5.55. The first-order chi connectivity index (χ1) is 11.9. The van der Waals surface area contributed by atoms with Crippen molar-refractivity contribution in [3.05, 3.63) is 59.4 Å². The van der Waals surface area contributed by atoms with Crippen LogP contribution in [0.5, 0.6) is 5.75 Å². The van der Waals surface area contributed by atoms with E-state index in [2.05, 4.69) is 0 Å². The topological polar surface area (TPSA) is 46.6 Å². The standard InChI is InChI=1S/C19H20FNO3S/c1-13(22)14-8-9-18(16(20)10-14)25-12-19(23)21(2)11-15-6-4-5-7-17(15)24-3/h4-10H,11-12H2,1-3H3. The minimum absolute atomic E-state index is 0.113. The molecule has 132 valence electrons. The summed E-state index contributed by atoms with van der Waals surface area (Å²) in [6, 6.07) is 11.8. The molecule has 0 N–H and O–H groups in total. The molecule has 0 unspecified atom stereocenters. The molecule has 0 aromatic heterocycles. The number of nitrogens with zero attached hydrogens (tertiary/aromatic N) is 1. The molecule has 0 spiro atoms. The number of methoxy groups -OCH3 is 1. The first-order valence-corrected chi connectivity index (χ1v) is 8.70. The molecule has 0 fully saturated rings. The van der Waals surface area contributed by atoms with Crippen molar-refractivity contribution >= 4 is 23.5 Å². The largest absolute Gasteiger partial charge is 0.496 e. The molecule has 0 aliphatic heterocycles. The van der Waals surface area contributed by atoms with E-state index in [9.17, 15) is 14.0 Å². The average molecular weight is 361 g/mol. The Balaban J connectivity index is 1.96. The molecule has 25 heavy (non-hydrogen) atoms. The maximum Gasteiger partial charge on any atom is 0.232 e. The summed E-state index contributed by atoms with van der Waals surface area (Å²) in [5, 5.41) is 0. The summed E-state index contributed by atoms with van der Waals surface area (Å²) in [5.74, 6) is 0.0368. The highest BCUT2D eigenvalue weighted by Crippen LogP contribution is 2.24. The summed E-state index contributed by atoms with van der Waals surface area (Å²) in [6.07, 6.45) is 0. The number of carbonyl (C=O) groups is 2. The van der Waals surface area contributed by atoms with E-state index in [1.807, 2.05) is 24.3 Å². The zero-order valence-electron chi connectivity index (χ0n) is 14.4. The van der Waals surface area contributed by atoms with Gasteiger partial charge in [0, 0.05) is 29.6 Å². The molecular formula is C19H20FNO3S. The van der Waals surface area contributed by atoms with Gasteiger partial charge in [-0.1, -0.05) is 24.3 Å². The fourth-order valence-electron chi connectivity index (χ4n) is 2.26. The van der Waals surface area contributed by atoms with Crippen LogP contribution in [0.4, 0.5) is 4.39 Å². The Morgan fingerprint density at radius 3 is 2.56 bits per heavy atom. The summed E-state index contributed by atoms with van der Waals surface area (Å²) in [5.41, 5.74) is 1.23. The van der Waals surface area contributed by atoms with Gasteiger partial charge in [-0.2, -0.15) is 0 Å². The van der Waals surface area contributed by atoms with Gasteiger partial charge in [0.05, 0.1) is 12.9 Å². The van der Waals surface area contributed by atoms with E-state index >= 15 is 0 Å². The van der Waals surface area contributed by atoms with Crippen molar-refractivity contribution in [1.82, 2.24) is 4.90 Å². The molecule has 1 amide bonds. The monoisotopic (exact) mass is 361 g/mol. The molecule has 0 atom stereocenters. The minimum atomic E-state index is -0.488. The highest BCUT2D eigenvalue weighted by atomic mass is 32.2. The lowest BCUT2D eigenvalue weighted by Gasteiger charge is -2.18. The molecule has 0 bridgehead atoms. The highest BCUT2D eigenvalue weighted by molar-refractivity contribution is 8.00. The van der Waals surface area contributed by atoms with E-state index in [4.69, 9.17) is 4.74 Å². The quantitative estimate of drug-likeness (QED) is 0.556. The van der Waals surface area contributed by atoms with Gasteiger partial charge in [-0.25, -0.2) is 4.39 Å². The van der Waals surface area contributed by atoms with Gasteiger partial charge in [0.2, 0.25) is 5.91 Å². The predicted octanol–water partition coefficient (Wildman–Crippen LogP) is 3.79. The number of carbonyl (C=O) groups excluding carboxylic acids is 2. The van der Waals surface area contributed by atoms with E-state index in [1.54, 1.807) is 25.1 Å². The van der Waals surface area contributed by atoms with Gasteiger partial charge in [0.15, 0.2) is 5.78 Å². The third-order valence-corrected chi connectivity index (χ3v) is 4.75. The maximum atomic E-state index is 14.0. The first-order valence-electron chi connectivity index (χ1n) is 7.71.